The SMILES string of the molecule is C.C.C.CC1(C)CC[C@]2(C(=O)O)CC[C@]3(C)C(=CCC4[C@@]5(C)Cc6c(N)n[nH]c6C(C)(C)C5CC[C@]43C)C2C1.CN(C)C(=O)[C@]12CCC(C)(C)CC1C1=CCC3[C@@]4(C)Cc5c(N)n[nH]c5C(C)(C)C4CC[C@@]3(C)[C@]1(C)CC2.CN(C)C[C@]12CCC(C)(C)CC1C1=CCC3[C@@]4(C)Cc5c(N)n[nH]c5C(C)(C)C4CC[C@@]3(C)[C@]1(C)CC2. The summed E-state index contributed by atoms with van der Waals surface area (Å²) in [5.74, 6) is 6.88. The summed E-state index contributed by atoms with van der Waals surface area (Å²) in [4.78, 5) is 31.2. The third-order valence-electron chi connectivity index (χ3n) is 40.7. The Morgan fingerprint density at radius 3 is 1.04 bits per heavy atom. The molecule has 0 bridgehead atoms. The summed E-state index contributed by atoms with van der Waals surface area (Å²) in [5.41, 5.74) is 34.5. The maximum Gasteiger partial charge on any atom is 0.310 e. The Kier molecular flexibility index (Phi) is 20.5. The van der Waals surface area contributed by atoms with E-state index in [0.29, 0.717) is 80.6 Å². The van der Waals surface area contributed by atoms with Crippen LogP contribution in [0.3, 0.4) is 0 Å². The number of amides is 1. The van der Waals surface area contributed by atoms with Crippen LogP contribution in [-0.4, -0.2) is 92.1 Å². The van der Waals surface area contributed by atoms with Gasteiger partial charge in [0.15, 0.2) is 0 Å². The number of anilines is 3. The molecule has 3 heterocycles. The first kappa shape index (κ1) is 87.0. The van der Waals surface area contributed by atoms with Gasteiger partial charge in [0.2, 0.25) is 5.91 Å². The van der Waals surface area contributed by atoms with Gasteiger partial charge in [0.1, 0.15) is 17.5 Å². The fourth-order valence-electron chi connectivity index (χ4n) is 34.3. The number of carbonyl (C=O) groups is 2. The zero-order valence-electron chi connectivity index (χ0n) is 74.5. The lowest BCUT2D eigenvalue weighted by Crippen LogP contribution is -2.65. The van der Waals surface area contributed by atoms with Crippen molar-refractivity contribution in [3.8, 4) is 0 Å². The molecule has 9 unspecified atom stereocenters. The number of aromatic nitrogens is 6. The van der Waals surface area contributed by atoms with E-state index in [1.807, 2.05) is 24.6 Å². The average Bonchev–Trinajstić information content (AvgIpc) is 0.875. The molecule has 0 saturated heterocycles. The van der Waals surface area contributed by atoms with Crippen LogP contribution in [-0.2, 0) is 45.1 Å². The number of nitrogens with one attached hydrogen (secondary N) is 3. The summed E-state index contributed by atoms with van der Waals surface area (Å²) in [5, 5.41) is 34.0. The Morgan fingerprint density at radius 1 is 0.404 bits per heavy atom. The molecule has 1 amide bonds. The van der Waals surface area contributed by atoms with Gasteiger partial charge in [-0.15, -0.1) is 0 Å². The molecule has 21 atom stereocenters. The van der Waals surface area contributed by atoms with Crippen molar-refractivity contribution in [1.29, 1.82) is 0 Å². The van der Waals surface area contributed by atoms with E-state index in [0.717, 1.165) is 108 Å². The van der Waals surface area contributed by atoms with E-state index in [1.54, 1.807) is 5.57 Å². The zero-order valence-corrected chi connectivity index (χ0v) is 74.5. The summed E-state index contributed by atoms with van der Waals surface area (Å²) in [6.07, 6.45) is 39.2. The molecule has 3 aromatic heterocycles. The molecule has 0 aliphatic heterocycles. The molecule has 9 saturated carbocycles. The van der Waals surface area contributed by atoms with E-state index >= 15 is 0 Å². The number of fused-ring (bicyclic) bond motifs is 24. The number of hydrogen-bond donors (Lipinski definition) is 7. The number of carboxylic acid groups (broad SMARTS) is 1. The number of rotatable bonds is 4. The number of carboxylic acids is 1. The van der Waals surface area contributed by atoms with Crippen LogP contribution in [0.25, 0.3) is 0 Å². The highest BCUT2D eigenvalue weighted by Crippen LogP contribution is 2.80. The second-order valence-electron chi connectivity index (χ2n) is 48.6. The summed E-state index contributed by atoms with van der Waals surface area (Å²) in [7, 11) is 8.54. The van der Waals surface area contributed by atoms with Gasteiger partial charge in [-0.1, -0.05) is 203 Å². The van der Waals surface area contributed by atoms with Crippen LogP contribution in [0.1, 0.15) is 356 Å². The lowest BCUT2D eigenvalue weighted by atomic mass is 9.33. The number of nitrogen functional groups attached to an aromatic ring is 3. The van der Waals surface area contributed by atoms with Crippen LogP contribution in [0.4, 0.5) is 17.5 Å². The van der Waals surface area contributed by atoms with Crippen LogP contribution < -0.4 is 17.2 Å². The van der Waals surface area contributed by atoms with E-state index in [-0.39, 0.29) is 98.6 Å². The molecule has 0 radical (unpaired) electrons. The van der Waals surface area contributed by atoms with Gasteiger partial charge >= 0.3 is 5.97 Å². The van der Waals surface area contributed by atoms with Gasteiger partial charge in [-0.25, -0.2) is 0 Å². The highest BCUT2D eigenvalue weighted by atomic mass is 16.4. The first-order chi connectivity index (χ1) is 51.3. The molecule has 3 aromatic rings. The molecular weight excluding hydrogens is 1400 g/mol. The van der Waals surface area contributed by atoms with E-state index < -0.39 is 11.4 Å². The number of H-pyrrole nitrogens is 3. The highest BCUT2D eigenvalue weighted by molar-refractivity contribution is 5.84. The van der Waals surface area contributed by atoms with Crippen LogP contribution in [0.15, 0.2) is 34.9 Å². The maximum atomic E-state index is 13.9. The number of aromatic amines is 3. The minimum Gasteiger partial charge on any atom is -0.481 e. The van der Waals surface area contributed by atoms with Crippen molar-refractivity contribution in [3.05, 3.63) is 68.7 Å². The molecule has 15 aliphatic rings. The normalized spacial score (nSPS) is 44.3. The van der Waals surface area contributed by atoms with Crippen molar-refractivity contribution in [1.82, 2.24) is 40.4 Å². The van der Waals surface area contributed by atoms with Crippen molar-refractivity contribution in [3.63, 3.8) is 0 Å². The van der Waals surface area contributed by atoms with Gasteiger partial charge in [-0.2, -0.15) is 15.3 Å². The largest absolute Gasteiger partial charge is 0.481 e. The average molecular weight is 1570 g/mol. The molecule has 15 aliphatic carbocycles. The lowest BCUT2D eigenvalue weighted by molar-refractivity contribution is -0.177. The van der Waals surface area contributed by atoms with Gasteiger partial charge in [-0.3, -0.25) is 24.9 Å². The van der Waals surface area contributed by atoms with Crippen molar-refractivity contribution in [2.75, 3.05) is 51.9 Å². The van der Waals surface area contributed by atoms with Crippen LogP contribution >= 0.6 is 0 Å². The second-order valence-corrected chi connectivity index (χ2v) is 48.6. The summed E-state index contributed by atoms with van der Waals surface area (Å²) in [6, 6.07) is 0. The Labute approximate surface area is 692 Å². The molecule has 14 heteroatoms. The van der Waals surface area contributed by atoms with Crippen LogP contribution in [0, 0.1) is 134 Å². The Hall–Kier alpha value is -4.85. The summed E-state index contributed by atoms with van der Waals surface area (Å²) < 4.78 is 0. The van der Waals surface area contributed by atoms with Gasteiger partial charge in [0.25, 0.3) is 0 Å². The Balaban J connectivity index is 0.000000147. The van der Waals surface area contributed by atoms with Gasteiger partial charge in [-0.05, 0) is 311 Å². The molecular formula is C100H165N11O3. The molecule has 114 heavy (non-hydrogen) atoms. The van der Waals surface area contributed by atoms with Crippen LogP contribution in [0.2, 0.25) is 0 Å². The molecule has 14 nitrogen and oxygen atoms in total. The third kappa shape index (κ3) is 11.4. The van der Waals surface area contributed by atoms with Gasteiger partial charge in [0.05, 0.1) is 10.8 Å². The first-order valence-electron chi connectivity index (χ1n) is 45.0. The standard InChI is InChI=1S/C33H52N4O.C33H54N4.C31H47N3O2.3CH4/c1-28(2)14-16-33(27(38)37(8)9)17-15-31(6)21(22(33)19-28)10-11-24-30(5)18-20-25(35-36-26(20)34)29(3,4)23(30)12-13-32(24,31)7;1-28(2)14-16-33(20-37(8)9)17-15-31(6)22(23(33)19-28)10-11-25-30(5)18-21-26(35-36-27(21)34)29(3,4)24(30)12-13-32(25,31)7;1-26(2)12-14-31(25(35)36)15-13-29(6)19(20(31)17-26)8-9-22-28(5)16-18-23(33-34-24(18)32)27(3,4)21(28)10-11-30(22,29)7;;;/h10,22-24H,11-19H2,1-9H3,(H3,34,35,36);10,23-25H,11-20H2,1-9H3,(H3,34,35,36);8,20-22H,9-17H2,1-7H3,(H,35,36)(H3,32,33,34);3*1H4/t22?,23?,24?,30-,31+,32+,33-;23?,24?,25?,30-,31+,32+,33+;20?,21?,22?,28-,29+,30+,31-;;;/m000.../s1. The fraction of sp³-hybridized carbons (Fsp3) is 0.830. The van der Waals surface area contributed by atoms with Crippen molar-refractivity contribution >= 4 is 29.3 Å². The van der Waals surface area contributed by atoms with E-state index in [2.05, 4.69) is 213 Å². The van der Waals surface area contributed by atoms with Gasteiger partial charge < -0.3 is 32.1 Å². The highest BCUT2D eigenvalue weighted by Gasteiger charge is 2.74. The Morgan fingerprint density at radius 2 is 0.693 bits per heavy atom. The molecule has 18 rings (SSSR count). The lowest BCUT2D eigenvalue weighted by Gasteiger charge is -2.71. The van der Waals surface area contributed by atoms with E-state index in [9.17, 15) is 14.7 Å². The number of carbonyl (C=O) groups excluding carboxylic acids is 1. The maximum absolute atomic E-state index is 13.9. The molecule has 10 N–H and O–H groups in total. The quantitative estimate of drug-likeness (QED) is 0.122. The molecule has 0 spiro atoms. The van der Waals surface area contributed by atoms with Crippen molar-refractivity contribution in [2.24, 2.45) is 134 Å². The molecule has 9 fully saturated rings. The molecule has 638 valence electrons. The predicted molar refractivity (Wildman–Crippen MR) is 472 cm³/mol. The van der Waals surface area contributed by atoms with Gasteiger partial charge in [0, 0.05) is 70.7 Å². The summed E-state index contributed by atoms with van der Waals surface area (Å²) in [6.45, 7) is 54.0. The van der Waals surface area contributed by atoms with E-state index in [1.165, 1.54) is 123 Å². The third-order valence-corrected chi connectivity index (χ3v) is 40.7. The van der Waals surface area contributed by atoms with E-state index in [4.69, 9.17) is 17.2 Å². The number of hydrogen-bond acceptors (Lipinski definition) is 9. The van der Waals surface area contributed by atoms with Crippen LogP contribution in [0.5, 0.6) is 0 Å². The van der Waals surface area contributed by atoms with Crippen molar-refractivity contribution < 1.29 is 14.7 Å². The first-order valence-corrected chi connectivity index (χ1v) is 45.0. The Bertz CT molecular complexity index is 4360. The minimum absolute atomic E-state index is 0. The summed E-state index contributed by atoms with van der Waals surface area (Å²) >= 11 is 0. The molecule has 0 aromatic carbocycles. The smallest absolute Gasteiger partial charge is 0.310 e. The minimum atomic E-state index is -0.571. The second kappa shape index (κ2) is 26.8. The topological polar surface area (TPSA) is 225 Å². The number of aliphatic carboxylic acids is 1. The van der Waals surface area contributed by atoms with Crippen molar-refractivity contribution in [2.45, 2.75) is 357 Å². The number of nitrogens with two attached hydrogens (primary N) is 3. The number of allylic oxidation sites excluding steroid dienone is 6. The monoisotopic (exact) mass is 1570 g/mol. The predicted octanol–water partition coefficient (Wildman–Crippen LogP) is 23.1. The number of nitrogens with zero attached hydrogens (tertiary/aromatic N) is 5. The fourth-order valence-corrected chi connectivity index (χ4v) is 34.3. The zero-order chi connectivity index (χ0) is 80.6.